The van der Waals surface area contributed by atoms with Gasteiger partial charge >= 0.3 is 0 Å². The highest BCUT2D eigenvalue weighted by Crippen LogP contribution is 2.32. The van der Waals surface area contributed by atoms with Crippen molar-refractivity contribution in [1.82, 2.24) is 0 Å². The van der Waals surface area contributed by atoms with E-state index in [2.05, 4.69) is 5.32 Å². The molecular weight excluding hydrogens is 388 g/mol. The Morgan fingerprint density at radius 1 is 1.07 bits per heavy atom. The number of amides is 1. The number of rotatable bonds is 6. The number of benzene rings is 3. The van der Waals surface area contributed by atoms with Gasteiger partial charge in [0, 0.05) is 21.8 Å². The van der Waals surface area contributed by atoms with Crippen LogP contribution in [0, 0.1) is 6.92 Å². The number of hydrogen-bond donors (Lipinski definition) is 2. The number of aryl methyl sites for hydroxylation is 1. The number of carbonyl (C=O) groups excluding carboxylic acids is 1. The summed E-state index contributed by atoms with van der Waals surface area (Å²) < 4.78 is 10.8. The van der Waals surface area contributed by atoms with Crippen molar-refractivity contribution in [2.75, 3.05) is 12.1 Å². The molecule has 1 heterocycles. The van der Waals surface area contributed by atoms with Crippen LogP contribution in [0.1, 0.15) is 22.7 Å². The third-order valence-corrected chi connectivity index (χ3v) is 5.31. The molecule has 1 aliphatic rings. The predicted octanol–water partition coefficient (Wildman–Crippen LogP) is 3.82. The van der Waals surface area contributed by atoms with Crippen LogP contribution in [0.15, 0.2) is 66.7 Å². The number of hydrogen-bond acceptors (Lipinski definition) is 3. The monoisotopic (exact) mass is 409 g/mol. The number of anilines is 1. The van der Waals surface area contributed by atoms with Gasteiger partial charge in [-0.2, -0.15) is 0 Å². The number of carbonyl (C=O) groups is 1. The predicted molar refractivity (Wildman–Crippen MR) is 112 cm³/mol. The highest BCUT2D eigenvalue weighted by Gasteiger charge is 2.25. The van der Waals surface area contributed by atoms with E-state index >= 15 is 0 Å². The molecule has 0 aliphatic carbocycles. The van der Waals surface area contributed by atoms with Crippen LogP contribution >= 0.6 is 11.6 Å². The fraction of sp³-hybridized carbons (Fsp3) is 0.174. The van der Waals surface area contributed by atoms with Gasteiger partial charge in [0.05, 0.1) is 0 Å². The van der Waals surface area contributed by atoms with Crippen LogP contribution in [0.4, 0.5) is 5.69 Å². The molecule has 0 unspecified atom stereocenters. The van der Waals surface area contributed by atoms with Crippen LogP contribution in [-0.2, 0) is 11.3 Å². The minimum absolute atomic E-state index is 0.100. The van der Waals surface area contributed by atoms with E-state index in [1.54, 1.807) is 6.07 Å². The van der Waals surface area contributed by atoms with Crippen LogP contribution in [0.2, 0.25) is 5.02 Å². The molecule has 3 aromatic carbocycles. The molecule has 148 valence electrons. The van der Waals surface area contributed by atoms with Crippen molar-refractivity contribution in [3.63, 3.8) is 0 Å². The van der Waals surface area contributed by atoms with Crippen molar-refractivity contribution in [2.24, 2.45) is 0 Å². The number of fused-ring (bicyclic) bond motifs is 1. The average molecular weight is 410 g/mol. The molecule has 0 aromatic heterocycles. The van der Waals surface area contributed by atoms with E-state index in [1.807, 2.05) is 72.9 Å². The first kappa shape index (κ1) is 19.3. The molecule has 0 spiro atoms. The van der Waals surface area contributed by atoms with Gasteiger partial charge < -0.3 is 20.1 Å². The molecule has 5 nitrogen and oxygen atoms in total. The van der Waals surface area contributed by atoms with Gasteiger partial charge in [0.2, 0.25) is 6.79 Å². The highest BCUT2D eigenvalue weighted by molar-refractivity contribution is 6.31. The van der Waals surface area contributed by atoms with E-state index < -0.39 is 6.04 Å². The Bertz CT molecular complexity index is 1020. The van der Waals surface area contributed by atoms with Crippen molar-refractivity contribution < 1.29 is 19.6 Å². The number of quaternary nitrogens is 1. The fourth-order valence-corrected chi connectivity index (χ4v) is 3.45. The van der Waals surface area contributed by atoms with Gasteiger partial charge in [-0.1, -0.05) is 48.0 Å². The summed E-state index contributed by atoms with van der Waals surface area (Å²) >= 11 is 6.20. The van der Waals surface area contributed by atoms with Gasteiger partial charge in [0.1, 0.15) is 6.54 Å². The summed E-state index contributed by atoms with van der Waals surface area (Å²) in [6.45, 7) is 2.80. The maximum Gasteiger partial charge on any atom is 0.287 e. The number of ether oxygens (including phenoxy) is 2. The Kier molecular flexibility index (Phi) is 5.69. The lowest BCUT2D eigenvalue weighted by atomic mass is 10.1. The van der Waals surface area contributed by atoms with E-state index in [9.17, 15) is 4.79 Å². The Balaban J connectivity index is 1.51. The second-order valence-corrected chi connectivity index (χ2v) is 7.38. The van der Waals surface area contributed by atoms with Crippen molar-refractivity contribution >= 4 is 23.2 Å². The van der Waals surface area contributed by atoms with Gasteiger partial charge in [-0.3, -0.25) is 4.79 Å². The molecule has 0 saturated heterocycles. The summed E-state index contributed by atoms with van der Waals surface area (Å²) in [6, 6.07) is 20.7. The zero-order valence-electron chi connectivity index (χ0n) is 16.0. The lowest BCUT2D eigenvalue weighted by Crippen LogP contribution is -2.85. The summed E-state index contributed by atoms with van der Waals surface area (Å²) in [7, 11) is 0. The van der Waals surface area contributed by atoms with E-state index in [-0.39, 0.29) is 12.7 Å². The maximum atomic E-state index is 13.1. The minimum Gasteiger partial charge on any atom is -0.454 e. The molecule has 0 bridgehead atoms. The van der Waals surface area contributed by atoms with Gasteiger partial charge in [-0.15, -0.1) is 0 Å². The molecule has 1 aliphatic heterocycles. The lowest BCUT2D eigenvalue weighted by molar-refractivity contribution is -0.697. The number of halogens is 1. The summed E-state index contributed by atoms with van der Waals surface area (Å²) in [6.07, 6.45) is 0. The first-order valence-electron chi connectivity index (χ1n) is 9.44. The quantitative estimate of drug-likeness (QED) is 0.650. The lowest BCUT2D eigenvalue weighted by Gasteiger charge is -2.16. The van der Waals surface area contributed by atoms with E-state index in [0.29, 0.717) is 17.3 Å². The molecule has 0 fully saturated rings. The first-order chi connectivity index (χ1) is 14.1. The van der Waals surface area contributed by atoms with Gasteiger partial charge in [-0.25, -0.2) is 0 Å². The molecule has 6 heteroatoms. The van der Waals surface area contributed by atoms with Gasteiger partial charge in [-0.05, 0) is 42.8 Å². The summed E-state index contributed by atoms with van der Waals surface area (Å²) in [5, 5.41) is 5.63. The highest BCUT2D eigenvalue weighted by atomic mass is 35.5. The van der Waals surface area contributed by atoms with Crippen molar-refractivity contribution in [3.05, 3.63) is 88.4 Å². The second-order valence-electron chi connectivity index (χ2n) is 6.97. The SMILES string of the molecule is Cc1ccc(NC(=O)[C@@H]([NH2+]Cc2ccc3c(c2)OCO3)c2ccccc2)cc1Cl. The van der Waals surface area contributed by atoms with Crippen LogP contribution in [0.5, 0.6) is 11.5 Å². The van der Waals surface area contributed by atoms with Gasteiger partial charge in [0.15, 0.2) is 17.5 Å². The van der Waals surface area contributed by atoms with Crippen LogP contribution in [0.25, 0.3) is 0 Å². The van der Waals surface area contributed by atoms with Crippen LogP contribution < -0.4 is 20.1 Å². The van der Waals surface area contributed by atoms with Gasteiger partial charge in [0.25, 0.3) is 5.91 Å². The van der Waals surface area contributed by atoms with Crippen LogP contribution in [-0.4, -0.2) is 12.7 Å². The summed E-state index contributed by atoms with van der Waals surface area (Å²) in [5.74, 6) is 1.39. The van der Waals surface area contributed by atoms with E-state index in [4.69, 9.17) is 21.1 Å². The third kappa shape index (κ3) is 4.53. The van der Waals surface area contributed by atoms with Crippen molar-refractivity contribution in [1.29, 1.82) is 0 Å². The molecule has 4 rings (SSSR count). The zero-order chi connectivity index (χ0) is 20.2. The summed E-state index contributed by atoms with van der Waals surface area (Å²) in [5.41, 5.74) is 3.65. The fourth-order valence-electron chi connectivity index (χ4n) is 3.27. The van der Waals surface area contributed by atoms with E-state index in [1.165, 1.54) is 0 Å². The normalized spacial score (nSPS) is 13.2. The Morgan fingerprint density at radius 3 is 2.66 bits per heavy atom. The minimum atomic E-state index is -0.401. The molecule has 29 heavy (non-hydrogen) atoms. The van der Waals surface area contributed by atoms with Crippen molar-refractivity contribution in [2.45, 2.75) is 19.5 Å². The average Bonchev–Trinajstić information content (AvgIpc) is 3.20. The smallest absolute Gasteiger partial charge is 0.287 e. The largest absolute Gasteiger partial charge is 0.454 e. The standard InChI is InChI=1S/C23H21ClN2O3/c1-15-7-9-18(12-19(15)24)26-23(27)22(17-5-3-2-4-6-17)25-13-16-8-10-20-21(11-16)29-14-28-20/h2-12,22,25H,13-14H2,1H3,(H,26,27)/p+1/t22-/m0/s1. The molecule has 0 radical (unpaired) electrons. The molecular formula is C23H22ClN2O3+. The Labute approximate surface area is 174 Å². The maximum absolute atomic E-state index is 13.1. The Morgan fingerprint density at radius 2 is 1.86 bits per heavy atom. The van der Waals surface area contributed by atoms with Crippen LogP contribution in [0.3, 0.4) is 0 Å². The third-order valence-electron chi connectivity index (χ3n) is 4.91. The molecule has 3 aromatic rings. The van der Waals surface area contributed by atoms with E-state index in [0.717, 1.165) is 28.2 Å². The topological polar surface area (TPSA) is 64.2 Å². The summed E-state index contributed by atoms with van der Waals surface area (Å²) in [4.78, 5) is 13.1. The molecule has 3 N–H and O–H groups in total. The first-order valence-corrected chi connectivity index (χ1v) is 9.82. The number of nitrogens with one attached hydrogen (secondary N) is 1. The molecule has 1 atom stereocenters. The Hall–Kier alpha value is -3.02. The van der Waals surface area contributed by atoms with Crippen molar-refractivity contribution in [3.8, 4) is 11.5 Å². The molecule has 1 amide bonds. The zero-order valence-corrected chi connectivity index (χ0v) is 16.8. The second kappa shape index (κ2) is 8.55. The molecule has 0 saturated carbocycles. The number of nitrogens with two attached hydrogens (primary N) is 1.